The molecule has 1 aliphatic rings. The molecule has 2 N–H and O–H groups in total. The van der Waals surface area contributed by atoms with E-state index in [1.165, 1.54) is 0 Å². The number of carboxylic acid groups (broad SMARTS) is 1. The van der Waals surface area contributed by atoms with Gasteiger partial charge in [-0.25, -0.2) is 0 Å². The Morgan fingerprint density at radius 1 is 1.19 bits per heavy atom. The summed E-state index contributed by atoms with van der Waals surface area (Å²) in [6.45, 7) is 2.02. The number of benzene rings is 1. The van der Waals surface area contributed by atoms with E-state index in [2.05, 4.69) is 5.32 Å². The number of carbonyl (C=O) groups excluding carboxylic acids is 1. The minimum atomic E-state index is -0.845. The van der Waals surface area contributed by atoms with Crippen LogP contribution in [0, 0.1) is 11.8 Å². The number of hydrogen-bond donors (Lipinski definition) is 2. The lowest BCUT2D eigenvalue weighted by Gasteiger charge is -2.29. The van der Waals surface area contributed by atoms with Crippen molar-refractivity contribution in [2.75, 3.05) is 0 Å². The van der Waals surface area contributed by atoms with E-state index in [1.807, 2.05) is 37.3 Å². The molecule has 1 aromatic rings. The second kappa shape index (κ2) is 7.25. The highest BCUT2D eigenvalue weighted by molar-refractivity contribution is 5.85. The summed E-state index contributed by atoms with van der Waals surface area (Å²) < 4.78 is 0. The van der Waals surface area contributed by atoms with Crippen LogP contribution in [-0.4, -0.2) is 17.0 Å². The number of hydrogen-bond acceptors (Lipinski definition) is 2. The predicted octanol–water partition coefficient (Wildman–Crippen LogP) is 3.14. The molecule has 0 heterocycles. The summed E-state index contributed by atoms with van der Waals surface area (Å²) in [5.41, 5.74) is 1.07. The SMILES string of the molecule is CC[C@H](NC(=O)[C@@H]1CCCC[C@H]1C(=O)O)c1ccccc1. The molecule has 0 aliphatic heterocycles. The van der Waals surface area contributed by atoms with E-state index in [1.54, 1.807) is 0 Å². The average molecular weight is 289 g/mol. The van der Waals surface area contributed by atoms with Crippen molar-refractivity contribution in [1.29, 1.82) is 0 Å². The average Bonchev–Trinajstić information content (AvgIpc) is 2.53. The normalized spacial score (nSPS) is 23.3. The Kier molecular flexibility index (Phi) is 5.37. The smallest absolute Gasteiger partial charge is 0.307 e. The van der Waals surface area contributed by atoms with Crippen molar-refractivity contribution in [2.24, 2.45) is 11.8 Å². The third-order valence-corrected chi connectivity index (χ3v) is 4.35. The maximum Gasteiger partial charge on any atom is 0.307 e. The third-order valence-electron chi connectivity index (χ3n) is 4.35. The summed E-state index contributed by atoms with van der Waals surface area (Å²) in [5, 5.41) is 12.3. The van der Waals surface area contributed by atoms with Crippen LogP contribution in [0.25, 0.3) is 0 Å². The van der Waals surface area contributed by atoms with Gasteiger partial charge in [0.15, 0.2) is 0 Å². The zero-order chi connectivity index (χ0) is 15.2. The first-order valence-corrected chi connectivity index (χ1v) is 7.71. The third kappa shape index (κ3) is 3.84. The summed E-state index contributed by atoms with van der Waals surface area (Å²) in [4.78, 5) is 23.8. The van der Waals surface area contributed by atoms with Crippen LogP contribution in [0.1, 0.15) is 50.6 Å². The number of rotatable bonds is 5. The van der Waals surface area contributed by atoms with Gasteiger partial charge in [0.25, 0.3) is 0 Å². The molecular formula is C17H23NO3. The van der Waals surface area contributed by atoms with E-state index >= 15 is 0 Å². The first kappa shape index (κ1) is 15.5. The first-order chi connectivity index (χ1) is 10.1. The lowest BCUT2D eigenvalue weighted by molar-refractivity contribution is -0.149. The molecule has 4 nitrogen and oxygen atoms in total. The van der Waals surface area contributed by atoms with Crippen LogP contribution in [0.3, 0.4) is 0 Å². The Balaban J connectivity index is 2.06. The van der Waals surface area contributed by atoms with E-state index in [0.29, 0.717) is 12.8 Å². The monoisotopic (exact) mass is 289 g/mol. The summed E-state index contributed by atoms with van der Waals surface area (Å²) in [6.07, 6.45) is 3.91. The molecule has 114 valence electrons. The molecule has 2 rings (SSSR count). The summed E-state index contributed by atoms with van der Waals surface area (Å²) in [6, 6.07) is 9.78. The van der Waals surface area contributed by atoms with Crippen LogP contribution in [0.2, 0.25) is 0 Å². The Morgan fingerprint density at radius 2 is 1.81 bits per heavy atom. The van der Waals surface area contributed by atoms with Crippen LogP contribution < -0.4 is 5.32 Å². The van der Waals surface area contributed by atoms with Crippen LogP contribution in [0.5, 0.6) is 0 Å². The van der Waals surface area contributed by atoms with Gasteiger partial charge in [-0.2, -0.15) is 0 Å². The van der Waals surface area contributed by atoms with Crippen LogP contribution in [0.4, 0.5) is 0 Å². The van der Waals surface area contributed by atoms with Gasteiger partial charge in [-0.3, -0.25) is 9.59 Å². The van der Waals surface area contributed by atoms with Crippen molar-refractivity contribution >= 4 is 11.9 Å². The summed E-state index contributed by atoms with van der Waals surface area (Å²) in [5.74, 6) is -1.89. The molecule has 0 aromatic heterocycles. The molecule has 0 saturated heterocycles. The second-order valence-corrected chi connectivity index (χ2v) is 5.72. The molecule has 1 amide bonds. The molecule has 3 atom stereocenters. The van der Waals surface area contributed by atoms with Crippen LogP contribution in [-0.2, 0) is 9.59 Å². The summed E-state index contributed by atoms with van der Waals surface area (Å²) in [7, 11) is 0. The van der Waals surface area contributed by atoms with Gasteiger partial charge >= 0.3 is 5.97 Å². The molecule has 1 aromatic carbocycles. The standard InChI is InChI=1S/C17H23NO3/c1-2-15(12-8-4-3-5-9-12)18-16(19)13-10-6-7-11-14(13)17(20)21/h3-5,8-9,13-15H,2,6-7,10-11H2,1H3,(H,18,19)(H,20,21)/t13-,14-,15+/m1/s1. The zero-order valence-corrected chi connectivity index (χ0v) is 12.4. The molecule has 1 fully saturated rings. The van der Waals surface area contributed by atoms with Gasteiger partial charge in [-0.1, -0.05) is 50.1 Å². The quantitative estimate of drug-likeness (QED) is 0.875. The Hall–Kier alpha value is -1.84. The molecule has 1 saturated carbocycles. The van der Waals surface area contributed by atoms with Gasteiger partial charge in [0.1, 0.15) is 0 Å². The minimum Gasteiger partial charge on any atom is -0.481 e. The fraction of sp³-hybridized carbons (Fsp3) is 0.529. The van der Waals surface area contributed by atoms with E-state index in [4.69, 9.17) is 0 Å². The van der Waals surface area contributed by atoms with E-state index < -0.39 is 17.8 Å². The molecular weight excluding hydrogens is 266 g/mol. The van der Waals surface area contributed by atoms with Gasteiger partial charge in [0.2, 0.25) is 5.91 Å². The highest BCUT2D eigenvalue weighted by atomic mass is 16.4. The van der Waals surface area contributed by atoms with Gasteiger partial charge in [-0.15, -0.1) is 0 Å². The van der Waals surface area contributed by atoms with Crippen molar-refractivity contribution in [3.05, 3.63) is 35.9 Å². The molecule has 0 radical (unpaired) electrons. The van der Waals surface area contributed by atoms with Crippen LogP contribution in [0.15, 0.2) is 30.3 Å². The highest BCUT2D eigenvalue weighted by Crippen LogP contribution is 2.31. The van der Waals surface area contributed by atoms with E-state index in [0.717, 1.165) is 24.8 Å². The van der Waals surface area contributed by atoms with Crippen molar-refractivity contribution in [2.45, 2.75) is 45.1 Å². The molecule has 0 bridgehead atoms. The Labute approximate surface area is 125 Å². The number of carbonyl (C=O) groups is 2. The molecule has 1 aliphatic carbocycles. The maximum atomic E-state index is 12.5. The number of carboxylic acids is 1. The largest absolute Gasteiger partial charge is 0.481 e. The van der Waals surface area contributed by atoms with E-state index in [-0.39, 0.29) is 11.9 Å². The Bertz CT molecular complexity index is 486. The molecule has 0 unspecified atom stereocenters. The van der Waals surface area contributed by atoms with Gasteiger partial charge in [0, 0.05) is 0 Å². The van der Waals surface area contributed by atoms with Crippen molar-refractivity contribution in [3.63, 3.8) is 0 Å². The first-order valence-electron chi connectivity index (χ1n) is 7.71. The maximum absolute atomic E-state index is 12.5. The van der Waals surface area contributed by atoms with Gasteiger partial charge in [0.05, 0.1) is 17.9 Å². The van der Waals surface area contributed by atoms with E-state index in [9.17, 15) is 14.7 Å². The zero-order valence-electron chi connectivity index (χ0n) is 12.4. The second-order valence-electron chi connectivity index (χ2n) is 5.72. The van der Waals surface area contributed by atoms with Crippen molar-refractivity contribution in [3.8, 4) is 0 Å². The molecule has 0 spiro atoms. The lowest BCUT2D eigenvalue weighted by atomic mass is 9.78. The van der Waals surface area contributed by atoms with Gasteiger partial charge in [-0.05, 0) is 24.8 Å². The predicted molar refractivity (Wildman–Crippen MR) is 80.7 cm³/mol. The topological polar surface area (TPSA) is 66.4 Å². The number of nitrogens with one attached hydrogen (secondary N) is 1. The minimum absolute atomic E-state index is 0.0462. The number of aliphatic carboxylic acids is 1. The molecule has 4 heteroatoms. The highest BCUT2D eigenvalue weighted by Gasteiger charge is 2.36. The summed E-state index contributed by atoms with van der Waals surface area (Å²) >= 11 is 0. The molecule has 21 heavy (non-hydrogen) atoms. The Morgan fingerprint density at radius 3 is 2.38 bits per heavy atom. The van der Waals surface area contributed by atoms with Crippen LogP contribution >= 0.6 is 0 Å². The fourth-order valence-electron chi connectivity index (χ4n) is 3.13. The number of amides is 1. The fourth-order valence-corrected chi connectivity index (χ4v) is 3.13. The van der Waals surface area contributed by atoms with Crippen molar-refractivity contribution < 1.29 is 14.7 Å². The van der Waals surface area contributed by atoms with Crippen molar-refractivity contribution in [1.82, 2.24) is 5.32 Å². The lowest BCUT2D eigenvalue weighted by Crippen LogP contribution is -2.41. The van der Waals surface area contributed by atoms with Gasteiger partial charge < -0.3 is 10.4 Å².